The number of nitrogens with zero attached hydrogens (tertiary/aromatic N) is 1. The van der Waals surface area contributed by atoms with Crippen molar-refractivity contribution in [2.75, 3.05) is 0 Å². The van der Waals surface area contributed by atoms with Gasteiger partial charge in [0.1, 0.15) is 0 Å². The Bertz CT molecular complexity index is 460. The first-order chi connectivity index (χ1) is 7.57. The summed E-state index contributed by atoms with van der Waals surface area (Å²) in [6.07, 6.45) is -1.66. The number of benzene rings is 1. The Hall–Kier alpha value is -1.84. The van der Waals surface area contributed by atoms with Crippen LogP contribution in [-0.4, -0.2) is 4.98 Å². The van der Waals surface area contributed by atoms with Crippen molar-refractivity contribution in [2.24, 2.45) is 0 Å². The van der Waals surface area contributed by atoms with Gasteiger partial charge in [-0.15, -0.1) is 0 Å². The Morgan fingerprint density at radius 2 is 1.69 bits per heavy atom. The molecule has 0 fully saturated rings. The van der Waals surface area contributed by atoms with Crippen LogP contribution in [0.5, 0.6) is 0 Å². The molecule has 0 aliphatic rings. The molecule has 1 aromatic heterocycles. The molecule has 0 N–H and O–H groups in total. The van der Waals surface area contributed by atoms with Crippen molar-refractivity contribution >= 4 is 0 Å². The Kier molecular flexibility index (Phi) is 2.64. The van der Waals surface area contributed by atoms with Crippen LogP contribution in [0.25, 0.3) is 11.3 Å². The first kappa shape index (κ1) is 10.7. The molecule has 1 aromatic carbocycles. The lowest BCUT2D eigenvalue weighted by molar-refractivity contribution is -0.137. The molecule has 16 heavy (non-hydrogen) atoms. The maximum absolute atomic E-state index is 12.3. The smallest absolute Gasteiger partial charge is 0.246 e. The van der Waals surface area contributed by atoms with Gasteiger partial charge in [0.25, 0.3) is 0 Å². The molecule has 0 spiro atoms. The van der Waals surface area contributed by atoms with Crippen LogP contribution >= 0.6 is 0 Å². The molecule has 1 heterocycles. The second kappa shape index (κ2) is 3.96. The third kappa shape index (κ3) is 2.21. The van der Waals surface area contributed by atoms with Crippen molar-refractivity contribution < 1.29 is 13.2 Å². The summed E-state index contributed by atoms with van der Waals surface area (Å²) in [5, 5.41) is 0. The predicted octanol–water partition coefficient (Wildman–Crippen LogP) is 3.57. The lowest BCUT2D eigenvalue weighted by atomic mass is 10.1. The van der Waals surface area contributed by atoms with Gasteiger partial charge in [-0.05, 0) is 24.3 Å². The molecule has 0 atom stereocenters. The molecule has 0 amide bonds. The Morgan fingerprint density at radius 3 is 2.19 bits per heavy atom. The second-order valence-electron chi connectivity index (χ2n) is 3.23. The minimum absolute atomic E-state index is 0.608. The van der Waals surface area contributed by atoms with Gasteiger partial charge in [0, 0.05) is 5.56 Å². The normalized spacial score (nSPS) is 11.4. The number of halogens is 3. The van der Waals surface area contributed by atoms with Crippen molar-refractivity contribution in [1.29, 1.82) is 0 Å². The van der Waals surface area contributed by atoms with Crippen molar-refractivity contribution in [3.05, 3.63) is 54.2 Å². The largest absolute Gasteiger partial charge is 0.416 e. The number of aromatic nitrogens is 1. The quantitative estimate of drug-likeness (QED) is 0.718. The molecule has 1 radical (unpaired) electrons. The fourth-order valence-electron chi connectivity index (χ4n) is 1.32. The summed E-state index contributed by atoms with van der Waals surface area (Å²) >= 11 is 0. The third-order valence-electron chi connectivity index (χ3n) is 2.12. The van der Waals surface area contributed by atoms with E-state index in [9.17, 15) is 13.2 Å². The van der Waals surface area contributed by atoms with Crippen molar-refractivity contribution in [2.45, 2.75) is 6.18 Å². The fourth-order valence-corrected chi connectivity index (χ4v) is 1.32. The summed E-state index contributed by atoms with van der Waals surface area (Å²) in [4.78, 5) is 3.93. The summed E-state index contributed by atoms with van der Waals surface area (Å²) in [7, 11) is 0. The number of rotatable bonds is 1. The molecule has 0 saturated carbocycles. The highest BCUT2D eigenvalue weighted by Crippen LogP contribution is 2.30. The SMILES string of the molecule is FC(F)(F)c1ccc(-c2ccc[c]n2)cc1. The Morgan fingerprint density at radius 1 is 1.00 bits per heavy atom. The van der Waals surface area contributed by atoms with E-state index in [4.69, 9.17) is 0 Å². The van der Waals surface area contributed by atoms with Crippen LogP contribution < -0.4 is 0 Å². The van der Waals surface area contributed by atoms with Gasteiger partial charge < -0.3 is 0 Å². The van der Waals surface area contributed by atoms with Gasteiger partial charge >= 0.3 is 6.18 Å². The van der Waals surface area contributed by atoms with Gasteiger partial charge in [-0.2, -0.15) is 13.2 Å². The van der Waals surface area contributed by atoms with Crippen LogP contribution in [0, 0.1) is 6.20 Å². The van der Waals surface area contributed by atoms with E-state index in [2.05, 4.69) is 11.2 Å². The van der Waals surface area contributed by atoms with Crippen LogP contribution in [-0.2, 0) is 6.18 Å². The van der Waals surface area contributed by atoms with Gasteiger partial charge in [-0.3, -0.25) is 0 Å². The van der Waals surface area contributed by atoms with Gasteiger partial charge in [-0.1, -0.05) is 18.2 Å². The molecule has 4 heteroatoms. The molecule has 1 nitrogen and oxygen atoms in total. The van der Waals surface area contributed by atoms with Crippen LogP contribution in [0.2, 0.25) is 0 Å². The van der Waals surface area contributed by atoms with Gasteiger partial charge in [0.05, 0.1) is 17.5 Å². The zero-order valence-electron chi connectivity index (χ0n) is 8.12. The molecule has 0 unspecified atom stereocenters. The lowest BCUT2D eigenvalue weighted by Gasteiger charge is -2.07. The van der Waals surface area contributed by atoms with Crippen LogP contribution in [0.3, 0.4) is 0 Å². The zero-order valence-corrected chi connectivity index (χ0v) is 8.12. The number of alkyl halides is 3. The van der Waals surface area contributed by atoms with E-state index in [1.807, 2.05) is 0 Å². The highest BCUT2D eigenvalue weighted by Gasteiger charge is 2.29. The summed E-state index contributed by atoms with van der Waals surface area (Å²) in [5.74, 6) is 0. The molecule has 0 aliphatic heterocycles. The summed E-state index contributed by atoms with van der Waals surface area (Å²) < 4.78 is 36.9. The molecule has 0 bridgehead atoms. The first-order valence-electron chi connectivity index (χ1n) is 4.58. The minimum Gasteiger partial charge on any atom is -0.246 e. The minimum atomic E-state index is -4.30. The van der Waals surface area contributed by atoms with Crippen LogP contribution in [0.4, 0.5) is 13.2 Å². The zero-order chi connectivity index (χ0) is 11.6. The first-order valence-corrected chi connectivity index (χ1v) is 4.58. The van der Waals surface area contributed by atoms with E-state index in [0.29, 0.717) is 11.3 Å². The molecular weight excluding hydrogens is 215 g/mol. The maximum Gasteiger partial charge on any atom is 0.416 e. The Labute approximate surface area is 90.6 Å². The highest BCUT2D eigenvalue weighted by molar-refractivity contribution is 5.59. The van der Waals surface area contributed by atoms with E-state index in [1.54, 1.807) is 18.2 Å². The molecule has 0 aliphatic carbocycles. The number of pyridine rings is 1. The van der Waals surface area contributed by atoms with E-state index in [-0.39, 0.29) is 0 Å². The van der Waals surface area contributed by atoms with Gasteiger partial charge in [0.2, 0.25) is 0 Å². The highest BCUT2D eigenvalue weighted by atomic mass is 19.4. The van der Waals surface area contributed by atoms with E-state index < -0.39 is 11.7 Å². The fraction of sp³-hybridized carbons (Fsp3) is 0.0833. The summed E-state index contributed by atoms with van der Waals surface area (Å²) in [5.41, 5.74) is 0.595. The summed E-state index contributed by atoms with van der Waals surface area (Å²) in [6.45, 7) is 0. The molecule has 0 saturated heterocycles. The lowest BCUT2D eigenvalue weighted by Crippen LogP contribution is -2.04. The van der Waals surface area contributed by atoms with Gasteiger partial charge in [-0.25, -0.2) is 4.98 Å². The van der Waals surface area contributed by atoms with E-state index >= 15 is 0 Å². The second-order valence-corrected chi connectivity index (χ2v) is 3.23. The van der Waals surface area contributed by atoms with Crippen molar-refractivity contribution in [3.8, 4) is 11.3 Å². The third-order valence-corrected chi connectivity index (χ3v) is 2.12. The topological polar surface area (TPSA) is 12.9 Å². The average Bonchev–Trinajstić information content (AvgIpc) is 2.29. The molecule has 2 rings (SSSR count). The van der Waals surface area contributed by atoms with Crippen molar-refractivity contribution in [1.82, 2.24) is 4.98 Å². The van der Waals surface area contributed by atoms with E-state index in [1.165, 1.54) is 12.1 Å². The van der Waals surface area contributed by atoms with Crippen LogP contribution in [0.1, 0.15) is 5.56 Å². The Balaban J connectivity index is 2.34. The van der Waals surface area contributed by atoms with E-state index in [0.717, 1.165) is 12.1 Å². The average molecular weight is 222 g/mol. The maximum atomic E-state index is 12.3. The van der Waals surface area contributed by atoms with Crippen LogP contribution in [0.15, 0.2) is 42.5 Å². The van der Waals surface area contributed by atoms with Gasteiger partial charge in [0.15, 0.2) is 0 Å². The summed E-state index contributed by atoms with van der Waals surface area (Å²) in [6, 6.07) is 9.98. The molecule has 2 aromatic rings. The monoisotopic (exact) mass is 222 g/mol. The standard InChI is InChI=1S/C12H7F3N/c13-12(14,15)10-6-4-9(5-7-10)11-3-1-2-8-16-11/h1-7H. The molecule has 81 valence electrons. The number of hydrogen-bond acceptors (Lipinski definition) is 1. The van der Waals surface area contributed by atoms with Crippen molar-refractivity contribution in [3.63, 3.8) is 0 Å². The number of hydrogen-bond donors (Lipinski definition) is 0. The predicted molar refractivity (Wildman–Crippen MR) is 53.5 cm³/mol. The molecular formula is C12H7F3N.